The zero-order valence-corrected chi connectivity index (χ0v) is 20.5. The maximum Gasteiger partial charge on any atom is 0.231 e. The first kappa shape index (κ1) is 26.1. The molecule has 1 heterocycles. The molecular formula is C29H36O4. The molecule has 4 heteroatoms. The number of ether oxygens (including phenoxy) is 2. The van der Waals surface area contributed by atoms with E-state index in [4.69, 9.17) is 9.47 Å². The van der Waals surface area contributed by atoms with E-state index in [1.807, 2.05) is 82.3 Å². The molecule has 1 saturated carbocycles. The molecule has 2 aliphatic carbocycles. The van der Waals surface area contributed by atoms with Crippen LogP contribution in [0.3, 0.4) is 0 Å². The molecule has 1 aliphatic heterocycles. The Morgan fingerprint density at radius 1 is 0.909 bits per heavy atom. The van der Waals surface area contributed by atoms with Crippen LogP contribution >= 0.6 is 0 Å². The van der Waals surface area contributed by atoms with E-state index in [0.29, 0.717) is 12.2 Å². The van der Waals surface area contributed by atoms with Crippen molar-refractivity contribution in [2.24, 2.45) is 0 Å². The summed E-state index contributed by atoms with van der Waals surface area (Å²) in [6.07, 6.45) is 9.59. The van der Waals surface area contributed by atoms with E-state index < -0.39 is 0 Å². The van der Waals surface area contributed by atoms with E-state index >= 15 is 0 Å². The van der Waals surface area contributed by atoms with Gasteiger partial charge in [-0.1, -0.05) is 87.9 Å². The monoisotopic (exact) mass is 448 g/mol. The highest BCUT2D eigenvalue weighted by molar-refractivity contribution is 5.95. The largest absolute Gasteiger partial charge is 0.454 e. The second-order valence-electron chi connectivity index (χ2n) is 7.63. The average molecular weight is 449 g/mol. The van der Waals surface area contributed by atoms with Crippen molar-refractivity contribution in [1.29, 1.82) is 0 Å². The minimum atomic E-state index is -0.273. The molecule has 2 aromatic carbocycles. The SMILES string of the molecule is CC.CC.CC(=O)c1ccccc1.O=C(CC1=CC=CC1)C1(c2ccc3c(c2)OCO3)CC1. The third-order valence-corrected chi connectivity index (χ3v) is 5.62. The lowest BCUT2D eigenvalue weighted by Gasteiger charge is -2.15. The number of rotatable bonds is 5. The first-order chi connectivity index (χ1) is 16.1. The molecule has 1 fully saturated rings. The van der Waals surface area contributed by atoms with E-state index in [1.165, 1.54) is 5.57 Å². The third-order valence-electron chi connectivity index (χ3n) is 5.62. The van der Waals surface area contributed by atoms with Crippen LogP contribution in [0.4, 0.5) is 0 Å². The topological polar surface area (TPSA) is 52.6 Å². The predicted octanol–water partition coefficient (Wildman–Crippen LogP) is 7.23. The van der Waals surface area contributed by atoms with Gasteiger partial charge in [-0.15, -0.1) is 0 Å². The number of Topliss-reactive ketones (excluding diaryl/α,β-unsaturated/α-hetero) is 2. The molecule has 2 aromatic rings. The molecular weight excluding hydrogens is 412 g/mol. The van der Waals surface area contributed by atoms with Crippen LogP contribution in [0.15, 0.2) is 72.3 Å². The van der Waals surface area contributed by atoms with Gasteiger partial charge in [-0.25, -0.2) is 0 Å². The summed E-state index contributed by atoms with van der Waals surface area (Å²) >= 11 is 0. The zero-order chi connectivity index (χ0) is 24.3. The Labute approximate surface area is 198 Å². The van der Waals surface area contributed by atoms with Gasteiger partial charge in [0.1, 0.15) is 5.78 Å². The van der Waals surface area contributed by atoms with Crippen LogP contribution in [-0.2, 0) is 10.2 Å². The van der Waals surface area contributed by atoms with Gasteiger partial charge in [0.2, 0.25) is 6.79 Å². The van der Waals surface area contributed by atoms with E-state index in [2.05, 4.69) is 12.2 Å². The van der Waals surface area contributed by atoms with Crippen molar-refractivity contribution >= 4 is 11.6 Å². The Balaban J connectivity index is 0.000000250. The summed E-state index contributed by atoms with van der Waals surface area (Å²) in [5.41, 5.74) is 2.81. The number of hydrogen-bond donors (Lipinski definition) is 0. The molecule has 3 aliphatic rings. The fourth-order valence-corrected chi connectivity index (χ4v) is 3.72. The van der Waals surface area contributed by atoms with E-state index in [1.54, 1.807) is 6.92 Å². The summed E-state index contributed by atoms with van der Waals surface area (Å²) in [5, 5.41) is 0. The van der Waals surface area contributed by atoms with Gasteiger partial charge in [-0.2, -0.15) is 0 Å². The van der Waals surface area contributed by atoms with Crippen LogP contribution in [-0.4, -0.2) is 18.4 Å². The molecule has 0 saturated heterocycles. The minimum Gasteiger partial charge on any atom is -0.454 e. The highest BCUT2D eigenvalue weighted by atomic mass is 16.7. The zero-order valence-electron chi connectivity index (χ0n) is 20.5. The first-order valence-electron chi connectivity index (χ1n) is 11.9. The Bertz CT molecular complexity index is 982. The summed E-state index contributed by atoms with van der Waals surface area (Å²) in [6.45, 7) is 9.84. The summed E-state index contributed by atoms with van der Waals surface area (Å²) in [4.78, 5) is 23.3. The maximum atomic E-state index is 12.6. The van der Waals surface area contributed by atoms with E-state index in [9.17, 15) is 9.59 Å². The van der Waals surface area contributed by atoms with Gasteiger partial charge in [-0.3, -0.25) is 9.59 Å². The van der Waals surface area contributed by atoms with Crippen LogP contribution in [0.5, 0.6) is 11.5 Å². The average Bonchev–Trinajstić information content (AvgIpc) is 3.27. The van der Waals surface area contributed by atoms with Crippen molar-refractivity contribution in [3.8, 4) is 11.5 Å². The second-order valence-corrected chi connectivity index (χ2v) is 7.63. The quantitative estimate of drug-likeness (QED) is 0.453. The number of allylic oxidation sites excluding steroid dienone is 4. The number of benzene rings is 2. The highest BCUT2D eigenvalue weighted by Crippen LogP contribution is 2.52. The molecule has 0 unspecified atom stereocenters. The maximum absolute atomic E-state index is 12.6. The number of ketones is 2. The lowest BCUT2D eigenvalue weighted by molar-refractivity contribution is -0.120. The van der Waals surface area contributed by atoms with Crippen molar-refractivity contribution < 1.29 is 19.1 Å². The van der Waals surface area contributed by atoms with E-state index in [-0.39, 0.29) is 18.0 Å². The Kier molecular flexibility index (Phi) is 10.1. The van der Waals surface area contributed by atoms with Crippen LogP contribution in [0.25, 0.3) is 0 Å². The van der Waals surface area contributed by atoms with Gasteiger partial charge in [-0.05, 0) is 43.9 Å². The van der Waals surface area contributed by atoms with Gasteiger partial charge in [0, 0.05) is 12.0 Å². The van der Waals surface area contributed by atoms with Gasteiger partial charge >= 0.3 is 0 Å². The predicted molar refractivity (Wildman–Crippen MR) is 134 cm³/mol. The van der Waals surface area contributed by atoms with Gasteiger partial charge in [0.05, 0.1) is 5.41 Å². The van der Waals surface area contributed by atoms with Gasteiger partial charge in [0.25, 0.3) is 0 Å². The molecule has 4 nitrogen and oxygen atoms in total. The molecule has 176 valence electrons. The highest BCUT2D eigenvalue weighted by Gasteiger charge is 2.50. The molecule has 0 aromatic heterocycles. The summed E-state index contributed by atoms with van der Waals surface area (Å²) in [5.74, 6) is 2.00. The van der Waals surface area contributed by atoms with Crippen molar-refractivity contribution in [2.75, 3.05) is 6.79 Å². The summed E-state index contributed by atoms with van der Waals surface area (Å²) in [6, 6.07) is 15.1. The van der Waals surface area contributed by atoms with Gasteiger partial charge < -0.3 is 9.47 Å². The molecule has 33 heavy (non-hydrogen) atoms. The van der Waals surface area contributed by atoms with Crippen LogP contribution < -0.4 is 9.47 Å². The van der Waals surface area contributed by atoms with Crippen LogP contribution in [0.1, 0.15) is 76.2 Å². The molecule has 0 atom stereocenters. The first-order valence-corrected chi connectivity index (χ1v) is 11.9. The van der Waals surface area contributed by atoms with Crippen LogP contribution in [0, 0.1) is 0 Å². The smallest absolute Gasteiger partial charge is 0.231 e. The molecule has 0 radical (unpaired) electrons. The van der Waals surface area contributed by atoms with Crippen molar-refractivity contribution in [3.05, 3.63) is 83.5 Å². The summed E-state index contributed by atoms with van der Waals surface area (Å²) in [7, 11) is 0. The molecule has 5 rings (SSSR count). The number of carbonyl (C=O) groups excluding carboxylic acids is 2. The standard InChI is InChI=1S/C17H16O3.C8H8O.2C2H6/c18-16(9-12-3-1-2-4-12)17(7-8-17)13-5-6-14-15(10-13)20-11-19-14;1-7(9)8-5-3-2-4-6-8;2*1-2/h1-3,5-6,10H,4,7-9,11H2;2-6H,1H3;2*1-2H3. The number of carbonyl (C=O) groups is 2. The second kappa shape index (κ2) is 12.8. The lowest BCUT2D eigenvalue weighted by Crippen LogP contribution is -2.20. The molecule has 0 spiro atoms. The molecule has 0 bridgehead atoms. The molecule has 0 N–H and O–H groups in total. The van der Waals surface area contributed by atoms with Crippen LogP contribution in [0.2, 0.25) is 0 Å². The fourth-order valence-electron chi connectivity index (χ4n) is 3.72. The number of hydrogen-bond acceptors (Lipinski definition) is 4. The summed E-state index contributed by atoms with van der Waals surface area (Å²) < 4.78 is 10.8. The van der Waals surface area contributed by atoms with Crippen molar-refractivity contribution in [1.82, 2.24) is 0 Å². The molecule has 0 amide bonds. The van der Waals surface area contributed by atoms with Gasteiger partial charge in [0.15, 0.2) is 17.3 Å². The van der Waals surface area contributed by atoms with E-state index in [0.717, 1.165) is 41.9 Å². The Morgan fingerprint density at radius 3 is 2.12 bits per heavy atom. The minimum absolute atomic E-state index is 0.121. The lowest BCUT2D eigenvalue weighted by atomic mass is 9.87. The van der Waals surface area contributed by atoms with Crippen molar-refractivity contribution in [2.45, 2.75) is 65.7 Å². The van der Waals surface area contributed by atoms with Crippen molar-refractivity contribution in [3.63, 3.8) is 0 Å². The Morgan fingerprint density at radius 2 is 1.58 bits per heavy atom. The Hall–Kier alpha value is -3.14. The number of fused-ring (bicyclic) bond motifs is 1. The normalized spacial score (nSPS) is 15.5. The fraction of sp³-hybridized carbons (Fsp3) is 0.379. The third kappa shape index (κ3) is 6.67.